The molecule has 0 aliphatic rings. The first-order valence-electron chi connectivity index (χ1n) is 8.25. The lowest BCUT2D eigenvalue weighted by atomic mass is 9.89. The van der Waals surface area contributed by atoms with E-state index in [1.165, 1.54) is 0 Å². The van der Waals surface area contributed by atoms with Gasteiger partial charge in [0.1, 0.15) is 11.8 Å². The molecule has 3 N–H and O–H groups in total. The molecule has 0 radical (unpaired) electrons. The number of nitrogens with one attached hydrogen (secondary N) is 2. The Morgan fingerprint density at radius 1 is 1.21 bits per heavy atom. The van der Waals surface area contributed by atoms with Crippen LogP contribution in [0.25, 0.3) is 0 Å². The Hall–Kier alpha value is -2.27. The second kappa shape index (κ2) is 8.55. The number of aliphatic hydroxyl groups is 1. The molecule has 0 saturated carbocycles. The third-order valence-electron chi connectivity index (χ3n) is 3.98. The van der Waals surface area contributed by atoms with Crippen LogP contribution in [0.1, 0.15) is 44.1 Å². The average molecular weight is 330 g/mol. The summed E-state index contributed by atoms with van der Waals surface area (Å²) in [6.45, 7) is 4.73. The highest BCUT2D eigenvalue weighted by atomic mass is 16.3. The van der Waals surface area contributed by atoms with Gasteiger partial charge in [0.15, 0.2) is 0 Å². The van der Waals surface area contributed by atoms with E-state index < -0.39 is 0 Å². The smallest absolute Gasteiger partial charge is 0.315 e. The molecule has 2 aromatic rings. The summed E-state index contributed by atoms with van der Waals surface area (Å²) < 4.78 is 5.47. The number of hydrogen-bond donors (Lipinski definition) is 3. The van der Waals surface area contributed by atoms with E-state index in [0.29, 0.717) is 12.3 Å². The summed E-state index contributed by atoms with van der Waals surface area (Å²) in [5.41, 5.74) is 0.850. The normalized spacial score (nSPS) is 12.6. The third kappa shape index (κ3) is 5.42. The van der Waals surface area contributed by atoms with Crippen LogP contribution in [0.4, 0.5) is 4.79 Å². The molecule has 0 bridgehead atoms. The van der Waals surface area contributed by atoms with Gasteiger partial charge in [-0.2, -0.15) is 0 Å². The molecule has 130 valence electrons. The Morgan fingerprint density at radius 3 is 2.58 bits per heavy atom. The van der Waals surface area contributed by atoms with Crippen molar-refractivity contribution in [1.29, 1.82) is 0 Å². The van der Waals surface area contributed by atoms with Crippen LogP contribution in [-0.4, -0.2) is 24.3 Å². The van der Waals surface area contributed by atoms with Gasteiger partial charge in [0.25, 0.3) is 0 Å². The van der Waals surface area contributed by atoms with Crippen LogP contribution in [0.5, 0.6) is 0 Å². The fourth-order valence-electron chi connectivity index (χ4n) is 2.45. The molecule has 2 rings (SSSR count). The van der Waals surface area contributed by atoms with Gasteiger partial charge in [-0.15, -0.1) is 0 Å². The van der Waals surface area contributed by atoms with Crippen LogP contribution in [0.2, 0.25) is 0 Å². The predicted molar refractivity (Wildman–Crippen MR) is 93.6 cm³/mol. The first-order chi connectivity index (χ1) is 11.5. The zero-order valence-corrected chi connectivity index (χ0v) is 14.3. The van der Waals surface area contributed by atoms with Gasteiger partial charge in [0.2, 0.25) is 0 Å². The van der Waals surface area contributed by atoms with Crippen LogP contribution in [0.15, 0.2) is 53.1 Å². The summed E-state index contributed by atoms with van der Waals surface area (Å²) in [5, 5.41) is 15.1. The standard InChI is InChI=1S/C19H26N2O3/c1-19(2,14-22)11-7-12-20-18(23)21-17(16-10-6-13-24-16)15-8-4-3-5-9-15/h3-6,8-10,13,17,22H,7,11-12,14H2,1-2H3,(H2,20,21,23). The second-order valence-electron chi connectivity index (χ2n) is 6.69. The second-order valence-corrected chi connectivity index (χ2v) is 6.69. The minimum atomic E-state index is -0.324. The quantitative estimate of drug-likeness (QED) is 0.649. The third-order valence-corrected chi connectivity index (χ3v) is 3.98. The minimum absolute atomic E-state index is 0.112. The highest BCUT2D eigenvalue weighted by molar-refractivity contribution is 5.74. The van der Waals surface area contributed by atoms with Crippen molar-refractivity contribution >= 4 is 6.03 Å². The van der Waals surface area contributed by atoms with Crippen LogP contribution >= 0.6 is 0 Å². The van der Waals surface area contributed by atoms with E-state index in [1.807, 2.05) is 56.3 Å². The van der Waals surface area contributed by atoms with Crippen molar-refractivity contribution in [3.63, 3.8) is 0 Å². The topological polar surface area (TPSA) is 74.5 Å². The highest BCUT2D eigenvalue weighted by Gasteiger charge is 2.19. The Bertz CT molecular complexity index is 609. The Balaban J connectivity index is 1.89. The van der Waals surface area contributed by atoms with Gasteiger partial charge >= 0.3 is 6.03 Å². The lowest BCUT2D eigenvalue weighted by Crippen LogP contribution is -2.39. The Labute approximate surface area is 143 Å². The van der Waals surface area contributed by atoms with E-state index in [9.17, 15) is 9.90 Å². The lowest BCUT2D eigenvalue weighted by Gasteiger charge is -2.21. The number of carbonyl (C=O) groups is 1. The molecule has 0 saturated heterocycles. The van der Waals surface area contributed by atoms with E-state index in [4.69, 9.17) is 4.42 Å². The maximum Gasteiger partial charge on any atom is 0.315 e. The fraction of sp³-hybridized carbons (Fsp3) is 0.421. The summed E-state index contributed by atoms with van der Waals surface area (Å²) in [6, 6.07) is 12.8. The number of furan rings is 1. The highest BCUT2D eigenvalue weighted by Crippen LogP contribution is 2.22. The molecule has 0 aliphatic carbocycles. The zero-order valence-electron chi connectivity index (χ0n) is 14.3. The molecule has 1 aromatic carbocycles. The molecule has 1 heterocycles. The van der Waals surface area contributed by atoms with Crippen LogP contribution in [0.3, 0.4) is 0 Å². The number of amides is 2. The largest absolute Gasteiger partial charge is 0.467 e. The summed E-state index contributed by atoms with van der Waals surface area (Å²) in [6.07, 6.45) is 3.27. The number of rotatable bonds is 8. The molecule has 0 spiro atoms. The van der Waals surface area contributed by atoms with Crippen molar-refractivity contribution in [3.8, 4) is 0 Å². The number of hydrogen-bond acceptors (Lipinski definition) is 3. The molecule has 2 amide bonds. The molecule has 1 unspecified atom stereocenters. The number of benzene rings is 1. The van der Waals surface area contributed by atoms with Gasteiger partial charge in [-0.1, -0.05) is 44.2 Å². The van der Waals surface area contributed by atoms with E-state index in [0.717, 1.165) is 18.4 Å². The molecule has 24 heavy (non-hydrogen) atoms. The molecule has 1 aromatic heterocycles. The van der Waals surface area contributed by atoms with Crippen molar-refractivity contribution in [3.05, 3.63) is 60.1 Å². The van der Waals surface area contributed by atoms with E-state index in [2.05, 4.69) is 10.6 Å². The van der Waals surface area contributed by atoms with Crippen LogP contribution in [-0.2, 0) is 0 Å². The van der Waals surface area contributed by atoms with E-state index in [-0.39, 0.29) is 24.1 Å². The Kier molecular flexibility index (Phi) is 6.44. The SMILES string of the molecule is CC(C)(CO)CCCNC(=O)NC(c1ccccc1)c1ccco1. The Morgan fingerprint density at radius 2 is 1.96 bits per heavy atom. The zero-order chi connectivity index (χ0) is 17.4. The summed E-state index contributed by atoms with van der Waals surface area (Å²) in [4.78, 5) is 12.2. The molecule has 5 heteroatoms. The first-order valence-corrected chi connectivity index (χ1v) is 8.25. The van der Waals surface area contributed by atoms with Crippen molar-refractivity contribution < 1.29 is 14.3 Å². The molecule has 1 atom stereocenters. The van der Waals surface area contributed by atoms with Gasteiger partial charge in [0, 0.05) is 13.2 Å². The number of aliphatic hydroxyl groups excluding tert-OH is 1. The van der Waals surface area contributed by atoms with Crippen LogP contribution < -0.4 is 10.6 Å². The van der Waals surface area contributed by atoms with Crippen LogP contribution in [0, 0.1) is 5.41 Å². The van der Waals surface area contributed by atoms with Gasteiger partial charge in [-0.05, 0) is 36.0 Å². The maximum atomic E-state index is 12.2. The average Bonchev–Trinajstić information content (AvgIpc) is 3.12. The molecule has 5 nitrogen and oxygen atoms in total. The van der Waals surface area contributed by atoms with Crippen molar-refractivity contribution in [2.45, 2.75) is 32.7 Å². The van der Waals surface area contributed by atoms with Crippen molar-refractivity contribution in [1.82, 2.24) is 10.6 Å². The molecular formula is C19H26N2O3. The number of urea groups is 1. The van der Waals surface area contributed by atoms with Gasteiger partial charge < -0.3 is 20.2 Å². The molecule has 0 fully saturated rings. The van der Waals surface area contributed by atoms with E-state index >= 15 is 0 Å². The minimum Gasteiger partial charge on any atom is -0.467 e. The molecular weight excluding hydrogens is 304 g/mol. The first kappa shape index (κ1) is 18.1. The number of carbonyl (C=O) groups excluding carboxylic acids is 1. The fourth-order valence-corrected chi connectivity index (χ4v) is 2.45. The summed E-state index contributed by atoms with van der Waals surface area (Å²) in [7, 11) is 0. The van der Waals surface area contributed by atoms with Crippen molar-refractivity contribution in [2.75, 3.05) is 13.2 Å². The van der Waals surface area contributed by atoms with Crippen molar-refractivity contribution in [2.24, 2.45) is 5.41 Å². The van der Waals surface area contributed by atoms with E-state index in [1.54, 1.807) is 6.26 Å². The van der Waals surface area contributed by atoms with Gasteiger partial charge in [-0.3, -0.25) is 0 Å². The van der Waals surface area contributed by atoms with Gasteiger partial charge in [-0.25, -0.2) is 4.79 Å². The van der Waals surface area contributed by atoms with Gasteiger partial charge in [0.05, 0.1) is 6.26 Å². The predicted octanol–water partition coefficient (Wildman–Crippen LogP) is 3.47. The summed E-state index contributed by atoms with van der Waals surface area (Å²) >= 11 is 0. The lowest BCUT2D eigenvalue weighted by molar-refractivity contribution is 0.148. The summed E-state index contributed by atoms with van der Waals surface area (Å²) in [5.74, 6) is 0.692. The maximum absolute atomic E-state index is 12.2. The molecule has 0 aliphatic heterocycles. The monoisotopic (exact) mass is 330 g/mol.